The summed E-state index contributed by atoms with van der Waals surface area (Å²) in [6, 6.07) is 4.70. The van der Waals surface area contributed by atoms with E-state index in [0.29, 0.717) is 12.2 Å². The van der Waals surface area contributed by atoms with Crippen molar-refractivity contribution < 1.29 is 17.6 Å². The highest BCUT2D eigenvalue weighted by atomic mass is 19.2. The van der Waals surface area contributed by atoms with Crippen molar-refractivity contribution in [1.29, 1.82) is 0 Å². The number of nitrogens with two attached hydrogens (primary N) is 1. The van der Waals surface area contributed by atoms with E-state index >= 15 is 0 Å². The third kappa shape index (κ3) is 2.26. The summed E-state index contributed by atoms with van der Waals surface area (Å²) < 4.78 is 44.4. The molecule has 0 spiro atoms. The van der Waals surface area contributed by atoms with Crippen LogP contribution < -0.4 is 5.73 Å². The molecule has 0 aliphatic heterocycles. The van der Waals surface area contributed by atoms with Crippen molar-refractivity contribution in [2.75, 3.05) is 0 Å². The average molecular weight is 255 g/mol. The van der Waals surface area contributed by atoms with Gasteiger partial charge in [0.1, 0.15) is 11.5 Å². The number of halogens is 3. The molecule has 0 saturated carbocycles. The molecule has 0 fully saturated rings. The molecule has 18 heavy (non-hydrogen) atoms. The van der Waals surface area contributed by atoms with Gasteiger partial charge in [0.05, 0.1) is 6.04 Å². The van der Waals surface area contributed by atoms with Crippen LogP contribution in [0.15, 0.2) is 28.7 Å². The summed E-state index contributed by atoms with van der Waals surface area (Å²) in [6.07, 6.45) is 0.680. The lowest BCUT2D eigenvalue weighted by Crippen LogP contribution is -2.06. The highest BCUT2D eigenvalue weighted by Crippen LogP contribution is 2.27. The topological polar surface area (TPSA) is 39.2 Å². The van der Waals surface area contributed by atoms with Gasteiger partial charge in [-0.05, 0) is 30.7 Å². The minimum atomic E-state index is -1.49. The van der Waals surface area contributed by atoms with Gasteiger partial charge < -0.3 is 10.2 Å². The van der Waals surface area contributed by atoms with E-state index < -0.39 is 17.5 Å². The Bertz CT molecular complexity index is 542. The van der Waals surface area contributed by atoms with Crippen molar-refractivity contribution in [2.24, 2.45) is 5.73 Å². The van der Waals surface area contributed by atoms with E-state index in [1.807, 2.05) is 6.92 Å². The number of hydrogen-bond donors (Lipinski definition) is 1. The lowest BCUT2D eigenvalue weighted by Gasteiger charge is -2.04. The Kier molecular flexibility index (Phi) is 3.43. The fourth-order valence-electron chi connectivity index (χ4n) is 1.61. The zero-order valence-corrected chi connectivity index (χ0v) is 9.71. The monoisotopic (exact) mass is 255 g/mol. The Morgan fingerprint density at radius 1 is 1.17 bits per heavy atom. The van der Waals surface area contributed by atoms with Crippen LogP contribution in [0.3, 0.4) is 0 Å². The van der Waals surface area contributed by atoms with E-state index in [0.717, 1.165) is 12.1 Å². The van der Waals surface area contributed by atoms with Gasteiger partial charge >= 0.3 is 0 Å². The molecule has 1 atom stereocenters. The first-order valence-corrected chi connectivity index (χ1v) is 5.53. The van der Waals surface area contributed by atoms with Crippen LogP contribution in [0.25, 0.3) is 11.3 Å². The zero-order chi connectivity index (χ0) is 13.3. The van der Waals surface area contributed by atoms with Gasteiger partial charge in [-0.3, -0.25) is 0 Å². The lowest BCUT2D eigenvalue weighted by atomic mass is 10.1. The van der Waals surface area contributed by atoms with Crippen molar-refractivity contribution in [3.63, 3.8) is 0 Å². The first kappa shape index (κ1) is 12.7. The Labute approximate surface area is 102 Å². The standard InChI is InChI=1S/C13H12F3NO/c1-2-10(17)12-4-3-11(18-12)7-5-8(14)13(16)9(15)6-7/h3-6,10H,2,17H2,1H3. The van der Waals surface area contributed by atoms with E-state index in [-0.39, 0.29) is 17.4 Å². The van der Waals surface area contributed by atoms with Crippen LogP contribution in [0.4, 0.5) is 13.2 Å². The van der Waals surface area contributed by atoms with Gasteiger partial charge in [-0.2, -0.15) is 0 Å². The first-order valence-electron chi connectivity index (χ1n) is 5.53. The molecule has 1 unspecified atom stereocenters. The molecule has 0 bridgehead atoms. The van der Waals surface area contributed by atoms with Crippen LogP contribution >= 0.6 is 0 Å². The average Bonchev–Trinajstić information content (AvgIpc) is 2.84. The SMILES string of the molecule is CCC(N)c1ccc(-c2cc(F)c(F)c(F)c2)o1. The second-order valence-corrected chi connectivity index (χ2v) is 3.97. The second kappa shape index (κ2) is 4.86. The van der Waals surface area contributed by atoms with Crippen LogP contribution in [0.2, 0.25) is 0 Å². The normalized spacial score (nSPS) is 12.7. The van der Waals surface area contributed by atoms with Gasteiger partial charge in [0.2, 0.25) is 0 Å². The second-order valence-electron chi connectivity index (χ2n) is 3.97. The predicted octanol–water partition coefficient (Wildman–Crippen LogP) is 3.77. The van der Waals surface area contributed by atoms with Crippen LogP contribution in [-0.4, -0.2) is 0 Å². The molecule has 0 amide bonds. The maximum Gasteiger partial charge on any atom is 0.194 e. The molecule has 2 rings (SSSR count). The van der Waals surface area contributed by atoms with Crippen LogP contribution in [0, 0.1) is 17.5 Å². The molecular formula is C13H12F3NO. The van der Waals surface area contributed by atoms with Gasteiger partial charge in [-0.25, -0.2) is 13.2 Å². The summed E-state index contributed by atoms with van der Waals surface area (Å²) in [5, 5.41) is 0. The smallest absolute Gasteiger partial charge is 0.194 e. The van der Waals surface area contributed by atoms with E-state index in [1.165, 1.54) is 0 Å². The Balaban J connectivity index is 2.40. The van der Waals surface area contributed by atoms with Gasteiger partial charge in [-0.1, -0.05) is 6.92 Å². The Morgan fingerprint density at radius 3 is 2.33 bits per heavy atom. The summed E-state index contributed by atoms with van der Waals surface area (Å²) >= 11 is 0. The van der Waals surface area contributed by atoms with Crippen LogP contribution in [0.1, 0.15) is 25.1 Å². The molecule has 1 aromatic heterocycles. The van der Waals surface area contributed by atoms with Gasteiger partial charge in [0, 0.05) is 5.56 Å². The molecule has 0 aliphatic rings. The summed E-state index contributed by atoms with van der Waals surface area (Å²) in [6.45, 7) is 1.89. The van der Waals surface area contributed by atoms with Gasteiger partial charge in [0.25, 0.3) is 0 Å². The molecule has 0 radical (unpaired) electrons. The fourth-order valence-corrected chi connectivity index (χ4v) is 1.61. The van der Waals surface area contributed by atoms with E-state index in [4.69, 9.17) is 10.2 Å². The highest BCUT2D eigenvalue weighted by Gasteiger charge is 2.15. The van der Waals surface area contributed by atoms with Crippen molar-refractivity contribution in [2.45, 2.75) is 19.4 Å². The molecule has 5 heteroatoms. The van der Waals surface area contributed by atoms with E-state index in [2.05, 4.69) is 0 Å². The quantitative estimate of drug-likeness (QED) is 0.848. The zero-order valence-electron chi connectivity index (χ0n) is 9.71. The third-order valence-electron chi connectivity index (χ3n) is 2.70. The van der Waals surface area contributed by atoms with E-state index in [1.54, 1.807) is 12.1 Å². The van der Waals surface area contributed by atoms with Crippen molar-refractivity contribution in [3.8, 4) is 11.3 Å². The number of rotatable bonds is 3. The summed E-state index contributed by atoms with van der Waals surface area (Å²) in [5.41, 5.74) is 5.91. The Hall–Kier alpha value is -1.75. The molecule has 0 aliphatic carbocycles. The van der Waals surface area contributed by atoms with Gasteiger partial charge in [-0.15, -0.1) is 0 Å². The van der Waals surface area contributed by atoms with Crippen molar-refractivity contribution in [1.82, 2.24) is 0 Å². The predicted molar refractivity (Wildman–Crippen MR) is 61.2 cm³/mol. The molecule has 2 N–H and O–H groups in total. The minimum Gasteiger partial charge on any atom is -0.459 e. The van der Waals surface area contributed by atoms with Crippen LogP contribution in [-0.2, 0) is 0 Å². The minimum absolute atomic E-state index is 0.140. The molecule has 2 aromatic rings. The number of furan rings is 1. The van der Waals surface area contributed by atoms with Crippen molar-refractivity contribution >= 4 is 0 Å². The molecule has 1 heterocycles. The first-order chi connectivity index (χ1) is 8.52. The summed E-state index contributed by atoms with van der Waals surface area (Å²) in [4.78, 5) is 0. The summed E-state index contributed by atoms with van der Waals surface area (Å²) in [7, 11) is 0. The summed E-state index contributed by atoms with van der Waals surface area (Å²) in [5.74, 6) is -3.20. The molecular weight excluding hydrogens is 243 g/mol. The third-order valence-corrected chi connectivity index (χ3v) is 2.70. The maximum atomic E-state index is 13.1. The van der Waals surface area contributed by atoms with Crippen molar-refractivity contribution in [3.05, 3.63) is 47.5 Å². The fraction of sp³-hybridized carbons (Fsp3) is 0.231. The highest BCUT2D eigenvalue weighted by molar-refractivity contribution is 5.58. The Morgan fingerprint density at radius 2 is 1.78 bits per heavy atom. The largest absolute Gasteiger partial charge is 0.459 e. The maximum absolute atomic E-state index is 13.1. The molecule has 1 aromatic carbocycles. The molecule has 2 nitrogen and oxygen atoms in total. The molecule has 96 valence electrons. The number of hydrogen-bond acceptors (Lipinski definition) is 2. The molecule has 0 saturated heterocycles. The lowest BCUT2D eigenvalue weighted by molar-refractivity contribution is 0.444. The van der Waals surface area contributed by atoms with E-state index in [9.17, 15) is 13.2 Å². The van der Waals surface area contributed by atoms with Crippen LogP contribution in [0.5, 0.6) is 0 Å². The number of benzene rings is 1. The van der Waals surface area contributed by atoms with Gasteiger partial charge in [0.15, 0.2) is 17.5 Å².